The molecule has 0 bridgehead atoms. The van der Waals surface area contributed by atoms with Crippen LogP contribution in [0.1, 0.15) is 31.2 Å². The second-order valence-electron chi connectivity index (χ2n) is 5.54. The van der Waals surface area contributed by atoms with E-state index in [1.807, 2.05) is 48.5 Å². The lowest BCUT2D eigenvalue weighted by atomic mass is 10.0. The van der Waals surface area contributed by atoms with Crippen molar-refractivity contribution in [3.8, 4) is 0 Å². The van der Waals surface area contributed by atoms with Crippen molar-refractivity contribution in [3.63, 3.8) is 0 Å². The van der Waals surface area contributed by atoms with Crippen molar-refractivity contribution < 1.29 is 14.8 Å². The molecule has 0 heterocycles. The van der Waals surface area contributed by atoms with Crippen LogP contribution in [0.25, 0.3) is 16.8 Å². The molecule has 0 atom stereocenters. The number of fused-ring (bicyclic) bond motifs is 1. The molecule has 0 aliphatic heterocycles. The van der Waals surface area contributed by atoms with E-state index >= 15 is 0 Å². The first-order valence-electron chi connectivity index (χ1n) is 8.07. The number of amides is 2. The summed E-state index contributed by atoms with van der Waals surface area (Å²) in [5, 5.41) is 13.5. The van der Waals surface area contributed by atoms with Gasteiger partial charge in [-0.3, -0.25) is 14.8 Å². The average Bonchev–Trinajstić information content (AvgIpc) is 2.62. The minimum Gasteiger partial charge on any atom is -0.353 e. The van der Waals surface area contributed by atoms with Crippen molar-refractivity contribution in [1.82, 2.24) is 10.8 Å². The van der Waals surface area contributed by atoms with E-state index in [-0.39, 0.29) is 11.8 Å². The summed E-state index contributed by atoms with van der Waals surface area (Å²) in [4.78, 5) is 22.7. The molecule has 2 rings (SSSR count). The van der Waals surface area contributed by atoms with Crippen LogP contribution in [-0.2, 0) is 9.59 Å². The molecule has 2 aromatic rings. The molecular weight excluding hydrogens is 304 g/mol. The number of carbonyl (C=O) groups excluding carboxylic acids is 2. The standard InChI is InChI=1S/C19H22N2O3/c22-18(20-14-5-1-2-11-19(23)21-24)13-12-16-9-6-8-15-7-3-4-10-17(15)16/h3-4,6-10,12-13,24H,1-2,5,11,14H2,(H,20,22)(H,21,23). The Hall–Kier alpha value is -2.66. The highest BCUT2D eigenvalue weighted by molar-refractivity contribution is 5.96. The van der Waals surface area contributed by atoms with Gasteiger partial charge in [0.05, 0.1) is 0 Å². The monoisotopic (exact) mass is 326 g/mol. The molecule has 0 radical (unpaired) electrons. The molecule has 0 aliphatic carbocycles. The summed E-state index contributed by atoms with van der Waals surface area (Å²) in [5.41, 5.74) is 2.61. The zero-order valence-electron chi connectivity index (χ0n) is 13.5. The largest absolute Gasteiger partial charge is 0.353 e. The minimum absolute atomic E-state index is 0.129. The summed E-state index contributed by atoms with van der Waals surface area (Å²) >= 11 is 0. The quantitative estimate of drug-likeness (QED) is 0.302. The molecule has 2 amide bonds. The second-order valence-corrected chi connectivity index (χ2v) is 5.54. The van der Waals surface area contributed by atoms with Crippen molar-refractivity contribution in [2.24, 2.45) is 0 Å². The van der Waals surface area contributed by atoms with Crippen molar-refractivity contribution in [3.05, 3.63) is 54.1 Å². The topological polar surface area (TPSA) is 78.4 Å². The van der Waals surface area contributed by atoms with E-state index in [2.05, 4.69) is 5.32 Å². The number of hydrogen-bond donors (Lipinski definition) is 3. The summed E-state index contributed by atoms with van der Waals surface area (Å²) in [6.07, 6.45) is 5.97. The Kier molecular flexibility index (Phi) is 6.98. The number of hydrogen-bond acceptors (Lipinski definition) is 3. The molecule has 5 nitrogen and oxygen atoms in total. The summed E-state index contributed by atoms with van der Waals surface area (Å²) in [6, 6.07) is 14.1. The maximum Gasteiger partial charge on any atom is 0.243 e. The van der Waals surface area contributed by atoms with Crippen molar-refractivity contribution >= 4 is 28.7 Å². The highest BCUT2D eigenvalue weighted by Crippen LogP contribution is 2.19. The normalized spacial score (nSPS) is 10.9. The first-order chi connectivity index (χ1) is 11.7. The van der Waals surface area contributed by atoms with E-state index < -0.39 is 0 Å². The predicted octanol–water partition coefficient (Wildman–Crippen LogP) is 3.04. The van der Waals surface area contributed by atoms with E-state index in [1.54, 1.807) is 11.6 Å². The molecule has 0 spiro atoms. The first-order valence-corrected chi connectivity index (χ1v) is 8.07. The van der Waals surface area contributed by atoms with Gasteiger partial charge in [-0.25, -0.2) is 5.48 Å². The molecular formula is C19H22N2O3. The van der Waals surface area contributed by atoms with Crippen LogP contribution in [0.2, 0.25) is 0 Å². The van der Waals surface area contributed by atoms with Crippen LogP contribution in [0, 0.1) is 0 Å². The summed E-state index contributed by atoms with van der Waals surface area (Å²) in [7, 11) is 0. The van der Waals surface area contributed by atoms with Gasteiger partial charge >= 0.3 is 0 Å². The number of carbonyl (C=O) groups is 2. The average molecular weight is 326 g/mol. The summed E-state index contributed by atoms with van der Waals surface area (Å²) in [6.45, 7) is 0.569. The van der Waals surface area contributed by atoms with Crippen LogP contribution in [0.5, 0.6) is 0 Å². The first kappa shape index (κ1) is 17.7. The molecule has 0 saturated heterocycles. The number of rotatable bonds is 8. The van der Waals surface area contributed by atoms with Gasteiger partial charge in [-0.05, 0) is 35.3 Å². The van der Waals surface area contributed by atoms with Crippen molar-refractivity contribution in [1.29, 1.82) is 0 Å². The molecule has 5 heteroatoms. The van der Waals surface area contributed by atoms with Gasteiger partial charge in [0.2, 0.25) is 11.8 Å². The molecule has 0 saturated carbocycles. The smallest absolute Gasteiger partial charge is 0.243 e. The Balaban J connectivity index is 1.76. The summed E-state index contributed by atoms with van der Waals surface area (Å²) < 4.78 is 0. The third kappa shape index (κ3) is 5.52. The summed E-state index contributed by atoms with van der Waals surface area (Å²) in [5.74, 6) is -0.506. The van der Waals surface area contributed by atoms with Crippen LogP contribution < -0.4 is 10.8 Å². The van der Waals surface area contributed by atoms with Crippen molar-refractivity contribution in [2.75, 3.05) is 6.54 Å². The molecule has 24 heavy (non-hydrogen) atoms. The molecule has 0 aliphatic rings. The predicted molar refractivity (Wildman–Crippen MR) is 94.4 cm³/mol. The Bertz CT molecular complexity index is 720. The number of nitrogens with one attached hydrogen (secondary N) is 2. The Morgan fingerprint density at radius 1 is 1.00 bits per heavy atom. The molecule has 0 unspecified atom stereocenters. The minimum atomic E-state index is -0.378. The zero-order valence-corrected chi connectivity index (χ0v) is 13.5. The van der Waals surface area contributed by atoms with E-state index in [4.69, 9.17) is 5.21 Å². The Morgan fingerprint density at radius 3 is 2.62 bits per heavy atom. The van der Waals surface area contributed by atoms with Crippen molar-refractivity contribution in [2.45, 2.75) is 25.7 Å². The zero-order chi connectivity index (χ0) is 17.2. The lowest BCUT2D eigenvalue weighted by molar-refractivity contribution is -0.129. The fraction of sp³-hybridized carbons (Fsp3) is 0.263. The molecule has 0 fully saturated rings. The van der Waals surface area contributed by atoms with Crippen LogP contribution in [0.4, 0.5) is 0 Å². The van der Waals surface area contributed by atoms with Crippen LogP contribution >= 0.6 is 0 Å². The van der Waals surface area contributed by atoms with Gasteiger partial charge in [0.15, 0.2) is 0 Å². The van der Waals surface area contributed by atoms with E-state index in [9.17, 15) is 9.59 Å². The lowest BCUT2D eigenvalue weighted by Gasteiger charge is -2.03. The van der Waals surface area contributed by atoms with Gasteiger partial charge in [0, 0.05) is 19.0 Å². The fourth-order valence-electron chi connectivity index (χ4n) is 2.48. The highest BCUT2D eigenvalue weighted by Gasteiger charge is 2.00. The van der Waals surface area contributed by atoms with E-state index in [0.717, 1.165) is 29.2 Å². The van der Waals surface area contributed by atoms with Gasteiger partial charge in [0.1, 0.15) is 0 Å². The van der Waals surface area contributed by atoms with Gasteiger partial charge < -0.3 is 5.32 Å². The molecule has 2 aromatic carbocycles. The lowest BCUT2D eigenvalue weighted by Crippen LogP contribution is -2.22. The van der Waals surface area contributed by atoms with Gasteiger partial charge in [-0.1, -0.05) is 48.9 Å². The molecule has 3 N–H and O–H groups in total. The maximum absolute atomic E-state index is 11.8. The molecule has 0 aromatic heterocycles. The van der Waals surface area contributed by atoms with E-state index in [1.165, 1.54) is 0 Å². The highest BCUT2D eigenvalue weighted by atomic mass is 16.5. The number of unbranched alkanes of at least 4 members (excludes halogenated alkanes) is 2. The van der Waals surface area contributed by atoms with E-state index in [0.29, 0.717) is 19.4 Å². The second kappa shape index (κ2) is 9.47. The maximum atomic E-state index is 11.8. The Morgan fingerprint density at radius 2 is 1.79 bits per heavy atom. The number of benzene rings is 2. The third-order valence-corrected chi connectivity index (χ3v) is 3.74. The third-order valence-electron chi connectivity index (χ3n) is 3.74. The van der Waals surface area contributed by atoms with Gasteiger partial charge in [0.25, 0.3) is 0 Å². The fourth-order valence-corrected chi connectivity index (χ4v) is 2.48. The Labute approximate surface area is 141 Å². The number of hydroxylamine groups is 1. The van der Waals surface area contributed by atoms with Gasteiger partial charge in [-0.15, -0.1) is 0 Å². The van der Waals surface area contributed by atoms with Crippen LogP contribution in [0.3, 0.4) is 0 Å². The molecule has 126 valence electrons. The van der Waals surface area contributed by atoms with Crippen LogP contribution in [-0.4, -0.2) is 23.6 Å². The van der Waals surface area contributed by atoms with Crippen LogP contribution in [0.15, 0.2) is 48.5 Å². The SMILES string of the molecule is O=C(C=Cc1cccc2ccccc12)NCCCCCC(=O)NO. The van der Waals surface area contributed by atoms with Gasteiger partial charge in [-0.2, -0.15) is 0 Å².